The maximum atomic E-state index is 10.6. The van der Waals surface area contributed by atoms with Crippen molar-refractivity contribution in [2.75, 3.05) is 26.4 Å². The highest BCUT2D eigenvalue weighted by Gasteiger charge is 2.26. The van der Waals surface area contributed by atoms with Crippen LogP contribution >= 0.6 is 59.1 Å². The molecule has 490 valence electrons. The quantitative estimate of drug-likeness (QED) is 0.0157. The van der Waals surface area contributed by atoms with Gasteiger partial charge in [0, 0.05) is 25.7 Å². The fraction of sp³-hybridized carbons (Fsp3) is 0.938. The number of thiol groups is 4. The fourth-order valence-electron chi connectivity index (χ4n) is 8.77. The standard InChI is InChI=1S/4C15H30OS.C5H12O4.H3O3P/c4*1-2-3-4-5-6-7-8-9-10-11-12-13-14-15(16)17;6-1-5(2-7,3-8)4-9;1-4(2)3/h4*2-14H2,1H3,(H,16,17);6-9H,1-4H2;1-3H. The molecule has 0 bridgehead atoms. The van der Waals surface area contributed by atoms with E-state index in [-0.39, 0.29) is 20.5 Å². The minimum absolute atomic E-state index is 0.0390. The third-order valence-electron chi connectivity index (χ3n) is 14.3. The van der Waals surface area contributed by atoms with E-state index in [4.69, 9.17) is 35.1 Å². The van der Waals surface area contributed by atoms with Gasteiger partial charge in [-0.1, -0.05) is 310 Å². The third kappa shape index (κ3) is 105. The molecule has 0 aliphatic heterocycles. The van der Waals surface area contributed by atoms with Crippen LogP contribution in [0.5, 0.6) is 0 Å². The molecule has 0 aliphatic carbocycles. The largest absolute Gasteiger partial charge is 0.396 e. The van der Waals surface area contributed by atoms with Gasteiger partial charge in [0.15, 0.2) is 20.5 Å². The minimum Gasteiger partial charge on any atom is -0.396 e. The van der Waals surface area contributed by atoms with Crippen molar-refractivity contribution in [2.45, 2.75) is 362 Å². The molecule has 0 saturated carbocycles. The first-order valence-electron chi connectivity index (χ1n) is 33.2. The molecule has 0 spiro atoms. The summed E-state index contributed by atoms with van der Waals surface area (Å²) in [5.74, 6) is 0. The van der Waals surface area contributed by atoms with Crippen LogP contribution in [-0.4, -0.2) is 82.0 Å². The number of hydrogen-bond acceptors (Lipinski definition) is 11. The number of rotatable bonds is 56. The second-order valence-corrected chi connectivity index (χ2v) is 25.1. The molecule has 0 aliphatic rings. The van der Waals surface area contributed by atoms with E-state index < -0.39 is 40.4 Å². The lowest BCUT2D eigenvalue weighted by Crippen LogP contribution is -2.37. The molecule has 16 heteroatoms. The van der Waals surface area contributed by atoms with Crippen LogP contribution in [0.25, 0.3) is 0 Å². The van der Waals surface area contributed by atoms with Gasteiger partial charge in [0.1, 0.15) is 0 Å². The van der Waals surface area contributed by atoms with E-state index in [1.54, 1.807) is 0 Å². The van der Waals surface area contributed by atoms with Crippen LogP contribution in [0, 0.1) is 5.41 Å². The van der Waals surface area contributed by atoms with Crippen LogP contribution in [-0.2, 0) is 19.2 Å². The average molecular weight is 1250 g/mol. The molecule has 0 aromatic carbocycles. The number of aliphatic hydroxyl groups excluding tert-OH is 4. The summed E-state index contributed by atoms with van der Waals surface area (Å²) in [6, 6.07) is 0. The van der Waals surface area contributed by atoms with Crippen molar-refractivity contribution < 1.29 is 54.3 Å². The topological polar surface area (TPSA) is 210 Å². The molecule has 0 fully saturated rings. The summed E-state index contributed by atoms with van der Waals surface area (Å²) < 4.78 is 0. The molecule has 0 aromatic rings. The number of carbonyl (C=O) groups is 4. The summed E-state index contributed by atoms with van der Waals surface area (Å²) in [6.45, 7) is 7.44. The van der Waals surface area contributed by atoms with E-state index >= 15 is 0 Å². The molecule has 0 atom stereocenters. The Morgan fingerprint density at radius 1 is 0.247 bits per heavy atom. The Bertz CT molecular complexity index is 1030. The van der Waals surface area contributed by atoms with Gasteiger partial charge in [0.05, 0.1) is 31.8 Å². The molecule has 0 rings (SSSR count). The van der Waals surface area contributed by atoms with Crippen molar-refractivity contribution in [2.24, 2.45) is 5.41 Å². The van der Waals surface area contributed by atoms with Gasteiger partial charge in [-0.05, 0) is 25.7 Å². The molecular formula is C65H135O11PS4. The van der Waals surface area contributed by atoms with Crippen LogP contribution in [0.1, 0.15) is 362 Å². The Morgan fingerprint density at radius 3 is 0.420 bits per heavy atom. The smallest absolute Gasteiger partial charge is 0.324 e. The zero-order chi connectivity index (χ0) is 62.0. The van der Waals surface area contributed by atoms with Gasteiger partial charge < -0.3 is 35.1 Å². The van der Waals surface area contributed by atoms with E-state index in [9.17, 15) is 19.2 Å². The maximum absolute atomic E-state index is 10.6. The molecule has 0 amide bonds. The SMILES string of the molecule is CCCCCCCCCCCCCCC(=O)S.CCCCCCCCCCCCCCC(=O)S.CCCCCCCCCCCCCCC(=O)S.CCCCCCCCCCCCCCC(=O)S.OCC(CO)(CO)CO.OP(O)O. The number of carbonyl (C=O) groups excluding carboxylic acids is 4. The lowest BCUT2D eigenvalue weighted by atomic mass is 9.93. The summed E-state index contributed by atoms with van der Waals surface area (Å²) in [4.78, 5) is 64.1. The van der Waals surface area contributed by atoms with E-state index in [0.717, 1.165) is 25.7 Å². The summed E-state index contributed by atoms with van der Waals surface area (Å²) in [7, 11) is -2.62. The highest BCUT2D eigenvalue weighted by atomic mass is 32.1. The Hall–Kier alpha value is 0.230. The van der Waals surface area contributed by atoms with Crippen molar-refractivity contribution in [1.29, 1.82) is 0 Å². The van der Waals surface area contributed by atoms with Crippen LogP contribution in [0.4, 0.5) is 0 Å². The average Bonchev–Trinajstić information content (AvgIpc) is 3.43. The second kappa shape index (κ2) is 84.4. The Labute approximate surface area is 524 Å². The molecule has 7 N–H and O–H groups in total. The van der Waals surface area contributed by atoms with Gasteiger partial charge in [-0.2, -0.15) is 0 Å². The molecule has 0 saturated heterocycles. The van der Waals surface area contributed by atoms with Crippen LogP contribution < -0.4 is 0 Å². The van der Waals surface area contributed by atoms with Gasteiger partial charge in [-0.25, -0.2) is 0 Å². The molecule has 0 radical (unpaired) electrons. The second-order valence-electron chi connectivity index (χ2n) is 22.5. The van der Waals surface area contributed by atoms with Gasteiger partial charge in [-0.3, -0.25) is 19.2 Å². The summed E-state index contributed by atoms with van der Waals surface area (Å²) in [6.07, 6.45) is 66.9. The predicted octanol–water partition coefficient (Wildman–Crippen LogP) is 19.3. The first-order chi connectivity index (χ1) is 39.1. The summed E-state index contributed by atoms with van der Waals surface area (Å²) in [5.41, 5.74) is -1.11. The maximum Gasteiger partial charge on any atom is 0.324 e. The lowest BCUT2D eigenvalue weighted by molar-refractivity contribution is -0.111. The molecule has 81 heavy (non-hydrogen) atoms. The van der Waals surface area contributed by atoms with E-state index in [0.29, 0.717) is 25.7 Å². The van der Waals surface area contributed by atoms with Gasteiger partial charge in [-0.15, -0.1) is 50.5 Å². The van der Waals surface area contributed by atoms with Gasteiger partial charge in [0.2, 0.25) is 0 Å². The van der Waals surface area contributed by atoms with Crippen LogP contribution in [0.15, 0.2) is 0 Å². The molecule has 0 heterocycles. The van der Waals surface area contributed by atoms with Gasteiger partial charge >= 0.3 is 8.60 Å². The lowest BCUT2D eigenvalue weighted by Gasteiger charge is -2.23. The minimum atomic E-state index is -2.62. The number of aliphatic hydroxyl groups is 4. The third-order valence-corrected chi connectivity index (χ3v) is 15.2. The van der Waals surface area contributed by atoms with Crippen molar-refractivity contribution in [3.8, 4) is 0 Å². The molecular weight excluding hydrogens is 1120 g/mol. The number of unbranched alkanes of at least 4 members (excludes halogenated alkanes) is 44. The first-order valence-corrected chi connectivity index (χ1v) is 36.2. The van der Waals surface area contributed by atoms with Crippen LogP contribution in [0.2, 0.25) is 0 Å². The monoisotopic (exact) mass is 1250 g/mol. The van der Waals surface area contributed by atoms with E-state index in [1.165, 1.54) is 283 Å². The van der Waals surface area contributed by atoms with Crippen molar-refractivity contribution in [1.82, 2.24) is 0 Å². The number of hydrogen-bond donors (Lipinski definition) is 11. The zero-order valence-electron chi connectivity index (χ0n) is 53.1. The van der Waals surface area contributed by atoms with Crippen molar-refractivity contribution in [3.63, 3.8) is 0 Å². The molecule has 0 unspecified atom stereocenters. The van der Waals surface area contributed by atoms with Crippen molar-refractivity contribution in [3.05, 3.63) is 0 Å². The zero-order valence-corrected chi connectivity index (χ0v) is 57.6. The highest BCUT2D eigenvalue weighted by Crippen LogP contribution is 2.17. The Morgan fingerprint density at radius 2 is 0.346 bits per heavy atom. The Kier molecular flexibility index (Phi) is 96.3. The molecule has 0 aromatic heterocycles. The van der Waals surface area contributed by atoms with Crippen LogP contribution in [0.3, 0.4) is 0 Å². The van der Waals surface area contributed by atoms with Gasteiger partial charge in [0.25, 0.3) is 0 Å². The summed E-state index contributed by atoms with van der Waals surface area (Å²) in [5, 5.41) is 34.1. The molecule has 11 nitrogen and oxygen atoms in total. The first kappa shape index (κ1) is 92.4. The highest BCUT2D eigenvalue weighted by molar-refractivity contribution is 7.97. The van der Waals surface area contributed by atoms with E-state index in [1.807, 2.05) is 0 Å². The fourth-order valence-corrected chi connectivity index (χ4v) is 9.40. The van der Waals surface area contributed by atoms with Crippen molar-refractivity contribution >= 4 is 79.6 Å². The normalized spacial score (nSPS) is 10.8. The predicted molar refractivity (Wildman–Crippen MR) is 363 cm³/mol. The Balaban J connectivity index is -0.000000216. The summed E-state index contributed by atoms with van der Waals surface area (Å²) >= 11 is 15.1. The van der Waals surface area contributed by atoms with E-state index in [2.05, 4.69) is 78.2 Å².